The zero-order valence-electron chi connectivity index (χ0n) is 15.3. The van der Waals surface area contributed by atoms with Crippen molar-refractivity contribution in [2.24, 2.45) is 0 Å². The number of carbonyl (C=O) groups is 1. The minimum Gasteiger partial charge on any atom is -0.495 e. The Morgan fingerprint density at radius 1 is 1.15 bits per heavy atom. The Morgan fingerprint density at radius 3 is 2.37 bits per heavy atom. The molecule has 1 amide bonds. The van der Waals surface area contributed by atoms with Gasteiger partial charge in [-0.15, -0.1) is 0 Å². The highest BCUT2D eigenvalue weighted by Gasteiger charge is 2.26. The van der Waals surface area contributed by atoms with Crippen LogP contribution in [-0.2, 0) is 10.0 Å². The van der Waals surface area contributed by atoms with Gasteiger partial charge >= 0.3 is 0 Å². The van der Waals surface area contributed by atoms with Crippen molar-refractivity contribution in [2.45, 2.75) is 31.2 Å². The molecule has 9 heteroatoms. The Bertz CT molecular complexity index is 972. The molecule has 0 heterocycles. The van der Waals surface area contributed by atoms with Gasteiger partial charge in [0.2, 0.25) is 10.0 Å². The molecule has 0 radical (unpaired) electrons. The maximum Gasteiger partial charge on any atom is 0.255 e. The van der Waals surface area contributed by atoms with E-state index in [1.54, 1.807) is 20.8 Å². The van der Waals surface area contributed by atoms with Gasteiger partial charge in [-0.2, -0.15) is 0 Å². The molecule has 0 unspecified atom stereocenters. The zero-order valence-corrected chi connectivity index (χ0v) is 17.7. The largest absolute Gasteiger partial charge is 0.495 e. The number of hydrogen-bond acceptors (Lipinski definition) is 4. The van der Waals surface area contributed by atoms with E-state index in [1.807, 2.05) is 0 Å². The van der Waals surface area contributed by atoms with Crippen molar-refractivity contribution in [1.82, 2.24) is 4.72 Å². The summed E-state index contributed by atoms with van der Waals surface area (Å²) in [5.41, 5.74) is -0.239. The molecule has 2 N–H and O–H groups in total. The van der Waals surface area contributed by atoms with E-state index in [0.717, 1.165) is 0 Å². The topological polar surface area (TPSA) is 84.5 Å². The van der Waals surface area contributed by atoms with Gasteiger partial charge in [0.15, 0.2) is 0 Å². The number of hydrogen-bond donors (Lipinski definition) is 2. The smallest absolute Gasteiger partial charge is 0.255 e. The van der Waals surface area contributed by atoms with E-state index in [0.29, 0.717) is 10.2 Å². The molecule has 27 heavy (non-hydrogen) atoms. The van der Waals surface area contributed by atoms with E-state index in [9.17, 15) is 17.6 Å². The molecule has 0 aromatic heterocycles. The number of carbonyl (C=O) groups excluding carboxylic acids is 1. The maximum atomic E-state index is 13.2. The van der Waals surface area contributed by atoms with E-state index >= 15 is 0 Å². The van der Waals surface area contributed by atoms with Gasteiger partial charge in [-0.25, -0.2) is 17.5 Å². The van der Waals surface area contributed by atoms with Crippen molar-refractivity contribution < 1.29 is 22.3 Å². The monoisotopic (exact) mass is 458 g/mol. The number of anilines is 1. The number of benzene rings is 2. The second kappa shape index (κ2) is 7.95. The molecule has 0 aliphatic heterocycles. The van der Waals surface area contributed by atoms with Crippen LogP contribution in [0, 0.1) is 5.82 Å². The minimum absolute atomic E-state index is 0.112. The van der Waals surface area contributed by atoms with Crippen molar-refractivity contribution in [2.75, 3.05) is 12.4 Å². The van der Waals surface area contributed by atoms with Crippen LogP contribution in [0.2, 0.25) is 0 Å². The molecule has 0 saturated heterocycles. The van der Waals surface area contributed by atoms with Gasteiger partial charge in [-0.05, 0) is 73.1 Å². The third-order valence-corrected chi connectivity index (χ3v) is 5.77. The van der Waals surface area contributed by atoms with Crippen LogP contribution < -0.4 is 14.8 Å². The fourth-order valence-corrected chi connectivity index (χ4v) is 4.34. The summed E-state index contributed by atoms with van der Waals surface area (Å²) in [7, 11) is -2.57. The molecule has 146 valence electrons. The predicted octanol–water partition coefficient (Wildman–Crippen LogP) is 3.93. The molecule has 0 aliphatic carbocycles. The lowest BCUT2D eigenvalue weighted by Gasteiger charge is -2.21. The van der Waals surface area contributed by atoms with E-state index in [-0.39, 0.29) is 16.2 Å². The average molecular weight is 459 g/mol. The molecule has 2 rings (SSSR count). The molecule has 0 atom stereocenters. The first-order valence-corrected chi connectivity index (χ1v) is 10.2. The molecule has 6 nitrogen and oxygen atoms in total. The molecule has 0 bridgehead atoms. The van der Waals surface area contributed by atoms with E-state index < -0.39 is 27.3 Å². The number of methoxy groups -OCH3 is 1. The lowest BCUT2D eigenvalue weighted by atomic mass is 10.1. The van der Waals surface area contributed by atoms with Crippen LogP contribution in [0.4, 0.5) is 10.1 Å². The van der Waals surface area contributed by atoms with Crippen LogP contribution >= 0.6 is 15.9 Å². The number of amides is 1. The Balaban J connectivity index is 2.40. The van der Waals surface area contributed by atoms with Gasteiger partial charge < -0.3 is 10.1 Å². The van der Waals surface area contributed by atoms with Crippen LogP contribution in [0.5, 0.6) is 5.75 Å². The lowest BCUT2D eigenvalue weighted by Crippen LogP contribution is -2.40. The highest BCUT2D eigenvalue weighted by Crippen LogP contribution is 2.28. The van der Waals surface area contributed by atoms with Gasteiger partial charge in [0.25, 0.3) is 5.91 Å². The van der Waals surface area contributed by atoms with Crippen LogP contribution in [-0.4, -0.2) is 27.0 Å². The number of halogens is 2. The third-order valence-electron chi connectivity index (χ3n) is 3.34. The molecule has 2 aromatic rings. The summed E-state index contributed by atoms with van der Waals surface area (Å²) in [6, 6.07) is 7.91. The van der Waals surface area contributed by atoms with E-state index in [4.69, 9.17) is 4.74 Å². The van der Waals surface area contributed by atoms with Gasteiger partial charge in [0, 0.05) is 15.6 Å². The number of ether oxygens (including phenoxy) is 1. The summed E-state index contributed by atoms with van der Waals surface area (Å²) in [5, 5.41) is 2.61. The molecular weight excluding hydrogens is 439 g/mol. The van der Waals surface area contributed by atoms with Gasteiger partial charge in [0.05, 0.1) is 12.8 Å². The Morgan fingerprint density at radius 2 is 1.81 bits per heavy atom. The summed E-state index contributed by atoms with van der Waals surface area (Å²) < 4.78 is 46.6. The molecule has 2 aromatic carbocycles. The maximum absolute atomic E-state index is 13.2. The SMILES string of the molecule is COc1ccc(C(=O)Nc2ccc(F)cc2Br)cc1S(=O)(=O)NC(C)(C)C. The summed E-state index contributed by atoms with van der Waals surface area (Å²) in [5.74, 6) is -0.880. The second-order valence-electron chi connectivity index (χ2n) is 6.80. The second-order valence-corrected chi connectivity index (χ2v) is 9.30. The van der Waals surface area contributed by atoms with Crippen molar-refractivity contribution in [3.05, 3.63) is 52.3 Å². The summed E-state index contributed by atoms with van der Waals surface area (Å²) in [4.78, 5) is 12.4. The normalized spacial score (nSPS) is 11.9. The quantitative estimate of drug-likeness (QED) is 0.710. The third kappa shape index (κ3) is 5.50. The van der Waals surface area contributed by atoms with E-state index in [2.05, 4.69) is 26.0 Å². The minimum atomic E-state index is -3.92. The molecule has 0 saturated carbocycles. The first-order chi connectivity index (χ1) is 12.4. The number of rotatable bonds is 5. The standard InChI is InChI=1S/C18H20BrFN2O4S/c1-18(2,3)22-27(24,25)16-9-11(5-8-15(16)26-4)17(23)21-14-7-6-12(20)10-13(14)19/h5-10,22H,1-4H3,(H,21,23). The van der Waals surface area contributed by atoms with Crippen LogP contribution in [0.15, 0.2) is 45.8 Å². The van der Waals surface area contributed by atoms with Gasteiger partial charge in [0.1, 0.15) is 16.5 Å². The Hall–Kier alpha value is -1.97. The number of sulfonamides is 1. The summed E-state index contributed by atoms with van der Waals surface area (Å²) in [6.45, 7) is 5.12. The summed E-state index contributed by atoms with van der Waals surface area (Å²) in [6.07, 6.45) is 0. The molecule has 0 fully saturated rings. The fourth-order valence-electron chi connectivity index (χ4n) is 2.27. The van der Waals surface area contributed by atoms with E-state index in [1.165, 1.54) is 43.5 Å². The molecular formula is C18H20BrFN2O4S. The first-order valence-electron chi connectivity index (χ1n) is 7.91. The zero-order chi connectivity index (χ0) is 20.4. The lowest BCUT2D eigenvalue weighted by molar-refractivity contribution is 0.102. The van der Waals surface area contributed by atoms with Gasteiger partial charge in [-0.3, -0.25) is 4.79 Å². The number of nitrogens with one attached hydrogen (secondary N) is 2. The Kier molecular flexibility index (Phi) is 6.28. The van der Waals surface area contributed by atoms with Crippen LogP contribution in [0.3, 0.4) is 0 Å². The van der Waals surface area contributed by atoms with Gasteiger partial charge in [-0.1, -0.05) is 0 Å². The van der Waals surface area contributed by atoms with Crippen LogP contribution in [0.25, 0.3) is 0 Å². The molecule has 0 aliphatic rings. The highest BCUT2D eigenvalue weighted by molar-refractivity contribution is 9.10. The van der Waals surface area contributed by atoms with Crippen molar-refractivity contribution in [1.29, 1.82) is 0 Å². The fraction of sp³-hybridized carbons (Fsp3) is 0.278. The first kappa shape index (κ1) is 21.3. The molecule has 0 spiro atoms. The summed E-state index contributed by atoms with van der Waals surface area (Å²) >= 11 is 3.17. The highest BCUT2D eigenvalue weighted by atomic mass is 79.9. The van der Waals surface area contributed by atoms with Crippen LogP contribution in [0.1, 0.15) is 31.1 Å². The van der Waals surface area contributed by atoms with Crippen molar-refractivity contribution >= 4 is 37.5 Å². The van der Waals surface area contributed by atoms with Crippen molar-refractivity contribution in [3.8, 4) is 5.75 Å². The average Bonchev–Trinajstić information content (AvgIpc) is 2.54. The van der Waals surface area contributed by atoms with Crippen molar-refractivity contribution in [3.63, 3.8) is 0 Å². The predicted molar refractivity (Wildman–Crippen MR) is 105 cm³/mol. The Labute approximate surface area is 166 Å².